The summed E-state index contributed by atoms with van der Waals surface area (Å²) in [5, 5.41) is 10.8. The quantitative estimate of drug-likeness (QED) is 0.294. The van der Waals surface area contributed by atoms with Gasteiger partial charge < -0.3 is 15.7 Å². The van der Waals surface area contributed by atoms with E-state index in [4.69, 9.17) is 10.9 Å². The van der Waals surface area contributed by atoms with Crippen molar-refractivity contribution in [1.82, 2.24) is 4.98 Å². The lowest BCUT2D eigenvalue weighted by Crippen LogP contribution is -2.46. The average Bonchev–Trinajstić information content (AvgIpc) is 2.32. The number of hydrogen-bond donors (Lipinski definition) is 2. The summed E-state index contributed by atoms with van der Waals surface area (Å²) in [7, 11) is 0. The maximum atomic E-state index is 12.3. The van der Waals surface area contributed by atoms with Crippen LogP contribution in [0.1, 0.15) is 5.69 Å². The zero-order valence-corrected chi connectivity index (χ0v) is 9.40. The highest BCUT2D eigenvalue weighted by Crippen LogP contribution is 2.36. The Morgan fingerprint density at radius 3 is 2.25 bits per heavy atom. The molecule has 0 bridgehead atoms. The summed E-state index contributed by atoms with van der Waals surface area (Å²) in [6.45, 7) is 0. The normalized spacial score (nSPS) is 13.7. The Balaban J connectivity index is 3.20. The third kappa shape index (κ3) is 3.65. The molecule has 1 rings (SSSR count). The fourth-order valence-corrected chi connectivity index (χ4v) is 1.17. The summed E-state index contributed by atoms with van der Waals surface area (Å²) in [6.07, 6.45) is -14.4. The van der Waals surface area contributed by atoms with Crippen LogP contribution in [0.4, 0.5) is 26.3 Å². The Bertz CT molecular complexity index is 485. The molecule has 0 spiro atoms. The summed E-state index contributed by atoms with van der Waals surface area (Å²) < 4.78 is 78.0. The molecule has 0 aliphatic carbocycles. The van der Waals surface area contributed by atoms with Crippen LogP contribution in [0.25, 0.3) is 0 Å². The van der Waals surface area contributed by atoms with Crippen LogP contribution in [-0.4, -0.2) is 34.5 Å². The van der Waals surface area contributed by atoms with Crippen LogP contribution in [0.3, 0.4) is 0 Å². The Labute approximate surface area is 107 Å². The number of alkyl halides is 6. The van der Waals surface area contributed by atoms with Gasteiger partial charge in [-0.05, 0) is 12.1 Å². The Hall–Kier alpha value is -2.20. The second-order valence-corrected chi connectivity index (χ2v) is 3.42. The van der Waals surface area contributed by atoms with Crippen molar-refractivity contribution in [2.75, 3.05) is 0 Å². The first-order chi connectivity index (χ1) is 9.07. The van der Waals surface area contributed by atoms with Gasteiger partial charge in [-0.25, -0.2) is 4.98 Å². The lowest BCUT2D eigenvalue weighted by Gasteiger charge is -2.24. The molecule has 0 aliphatic rings. The summed E-state index contributed by atoms with van der Waals surface area (Å²) in [5.74, 6) is -1.70. The van der Waals surface area contributed by atoms with Gasteiger partial charge >= 0.3 is 12.4 Å². The van der Waals surface area contributed by atoms with Crippen molar-refractivity contribution in [3.8, 4) is 5.75 Å². The highest BCUT2D eigenvalue weighted by molar-refractivity contribution is 5.97. The summed E-state index contributed by atoms with van der Waals surface area (Å²) in [6, 6.07) is 1.82. The molecule has 5 nitrogen and oxygen atoms in total. The van der Waals surface area contributed by atoms with Crippen molar-refractivity contribution < 1.29 is 36.3 Å². The molecule has 0 unspecified atom stereocenters. The van der Waals surface area contributed by atoms with E-state index in [0.717, 1.165) is 18.3 Å². The van der Waals surface area contributed by atoms with Gasteiger partial charge in [-0.2, -0.15) is 26.3 Å². The number of halogens is 6. The topological polar surface area (TPSA) is 80.7 Å². The predicted octanol–water partition coefficient (Wildman–Crippen LogP) is 2.05. The van der Waals surface area contributed by atoms with Crippen molar-refractivity contribution in [1.29, 1.82) is 0 Å². The first-order valence-electron chi connectivity index (χ1n) is 4.80. The first kappa shape index (κ1) is 15.9. The summed E-state index contributed by atoms with van der Waals surface area (Å²) >= 11 is 0. The molecular formula is C9H7F6N3O2. The molecule has 0 atom stereocenters. The van der Waals surface area contributed by atoms with E-state index in [-0.39, 0.29) is 0 Å². The van der Waals surface area contributed by atoms with E-state index < -0.39 is 35.7 Å². The van der Waals surface area contributed by atoms with Gasteiger partial charge in [0, 0.05) is 6.20 Å². The minimum absolute atomic E-state index is 0.645. The van der Waals surface area contributed by atoms with Gasteiger partial charge in [0.2, 0.25) is 0 Å². The second kappa shape index (κ2) is 5.43. The lowest BCUT2D eigenvalue weighted by atomic mass is 10.3. The fraction of sp³-hybridized carbons (Fsp3) is 0.333. The molecule has 0 radical (unpaired) electrons. The third-order valence-corrected chi connectivity index (χ3v) is 1.96. The Kier molecular flexibility index (Phi) is 4.30. The zero-order chi connectivity index (χ0) is 15.6. The van der Waals surface area contributed by atoms with Crippen LogP contribution in [-0.2, 0) is 0 Å². The third-order valence-electron chi connectivity index (χ3n) is 1.96. The smallest absolute Gasteiger partial charge is 0.434 e. The number of oxime groups is 1. The molecule has 0 aliphatic heterocycles. The van der Waals surface area contributed by atoms with Crippen molar-refractivity contribution in [3.63, 3.8) is 0 Å². The summed E-state index contributed by atoms with van der Waals surface area (Å²) in [5.41, 5.74) is 4.44. The maximum Gasteiger partial charge on any atom is 0.434 e. The SMILES string of the molecule is N/C(=N/O)c1ncccc1OC(C(F)(F)F)C(F)(F)F. The highest BCUT2D eigenvalue weighted by Gasteiger charge is 2.59. The Morgan fingerprint density at radius 2 is 1.80 bits per heavy atom. The van der Waals surface area contributed by atoms with Crippen LogP contribution >= 0.6 is 0 Å². The molecule has 112 valence electrons. The number of rotatable bonds is 3. The average molecular weight is 303 g/mol. The molecule has 1 aromatic heterocycles. The van der Waals surface area contributed by atoms with Crippen LogP contribution in [0.2, 0.25) is 0 Å². The van der Waals surface area contributed by atoms with Crippen LogP contribution in [0, 0.1) is 0 Å². The van der Waals surface area contributed by atoms with E-state index in [9.17, 15) is 26.3 Å². The highest BCUT2D eigenvalue weighted by atomic mass is 19.4. The Morgan fingerprint density at radius 1 is 1.25 bits per heavy atom. The lowest BCUT2D eigenvalue weighted by molar-refractivity contribution is -0.299. The predicted molar refractivity (Wildman–Crippen MR) is 53.3 cm³/mol. The number of nitrogens with two attached hydrogens (primary N) is 1. The molecule has 0 amide bonds. The van der Waals surface area contributed by atoms with E-state index in [0.29, 0.717) is 0 Å². The first-order valence-corrected chi connectivity index (χ1v) is 4.80. The molecule has 0 saturated heterocycles. The van der Waals surface area contributed by atoms with E-state index >= 15 is 0 Å². The largest absolute Gasteiger partial charge is 0.469 e. The van der Waals surface area contributed by atoms with Crippen LogP contribution in [0.5, 0.6) is 5.75 Å². The molecule has 0 aromatic carbocycles. The molecule has 1 aromatic rings. The van der Waals surface area contributed by atoms with Gasteiger partial charge in [0.15, 0.2) is 11.5 Å². The second-order valence-electron chi connectivity index (χ2n) is 3.42. The van der Waals surface area contributed by atoms with Crippen molar-refractivity contribution in [2.45, 2.75) is 18.5 Å². The molecule has 0 saturated carbocycles. The molecule has 1 heterocycles. The van der Waals surface area contributed by atoms with Gasteiger partial charge in [0.1, 0.15) is 5.75 Å². The number of nitrogens with zero attached hydrogens (tertiary/aromatic N) is 2. The van der Waals surface area contributed by atoms with Crippen molar-refractivity contribution >= 4 is 5.84 Å². The number of aromatic nitrogens is 1. The van der Waals surface area contributed by atoms with Gasteiger partial charge in [-0.1, -0.05) is 5.16 Å². The molecule has 11 heteroatoms. The van der Waals surface area contributed by atoms with E-state index in [1.165, 1.54) is 0 Å². The zero-order valence-electron chi connectivity index (χ0n) is 9.40. The van der Waals surface area contributed by atoms with E-state index in [1.54, 1.807) is 0 Å². The van der Waals surface area contributed by atoms with Gasteiger partial charge in [-0.3, -0.25) is 0 Å². The molecular weight excluding hydrogens is 296 g/mol. The van der Waals surface area contributed by atoms with Crippen molar-refractivity contribution in [2.24, 2.45) is 10.9 Å². The van der Waals surface area contributed by atoms with E-state index in [2.05, 4.69) is 14.9 Å². The minimum Gasteiger partial charge on any atom is -0.469 e. The van der Waals surface area contributed by atoms with E-state index in [1.807, 2.05) is 0 Å². The molecule has 0 fully saturated rings. The van der Waals surface area contributed by atoms with Crippen molar-refractivity contribution in [3.05, 3.63) is 24.0 Å². The number of ether oxygens (including phenoxy) is 1. The number of hydrogen-bond acceptors (Lipinski definition) is 4. The van der Waals surface area contributed by atoms with Gasteiger partial charge in [0.05, 0.1) is 0 Å². The molecule has 3 N–H and O–H groups in total. The standard InChI is InChI=1S/C9H7F6N3O2/c10-8(11,12)7(9(13,14)15)20-4-2-1-3-17-5(4)6(16)18-19/h1-3,7,19H,(H2,16,18). The van der Waals surface area contributed by atoms with Crippen LogP contribution in [0.15, 0.2) is 23.5 Å². The minimum atomic E-state index is -5.68. The van der Waals surface area contributed by atoms with Gasteiger partial charge in [0.25, 0.3) is 6.10 Å². The van der Waals surface area contributed by atoms with Crippen LogP contribution < -0.4 is 10.5 Å². The summed E-state index contributed by atoms with van der Waals surface area (Å²) in [4.78, 5) is 3.39. The molecule has 20 heavy (non-hydrogen) atoms. The number of amidine groups is 1. The van der Waals surface area contributed by atoms with Gasteiger partial charge in [-0.15, -0.1) is 0 Å². The number of pyridine rings is 1. The monoisotopic (exact) mass is 303 g/mol. The maximum absolute atomic E-state index is 12.3. The fourth-order valence-electron chi connectivity index (χ4n) is 1.17.